The van der Waals surface area contributed by atoms with Crippen LogP contribution in [0.5, 0.6) is 0 Å². The first kappa shape index (κ1) is 23.9. The van der Waals surface area contributed by atoms with Crippen molar-refractivity contribution in [2.75, 3.05) is 20.1 Å². The number of benzene rings is 2. The maximum Gasteiger partial charge on any atom is 0.251 e. The highest BCUT2D eigenvalue weighted by atomic mass is 127. The normalized spacial score (nSPS) is 11.9. The van der Waals surface area contributed by atoms with Gasteiger partial charge in [-0.25, -0.2) is 4.39 Å². The van der Waals surface area contributed by atoms with E-state index in [1.54, 1.807) is 38.2 Å². The van der Waals surface area contributed by atoms with Crippen LogP contribution in [0.2, 0.25) is 0 Å². The number of rotatable bonds is 7. The van der Waals surface area contributed by atoms with Crippen molar-refractivity contribution in [1.29, 1.82) is 0 Å². The minimum Gasteiger partial charge on any atom is -0.356 e. The molecule has 0 aliphatic carbocycles. The summed E-state index contributed by atoms with van der Waals surface area (Å²) in [6.45, 7) is 4.92. The molecule has 0 fully saturated rings. The number of carbonyl (C=O) groups is 1. The van der Waals surface area contributed by atoms with E-state index in [1.165, 1.54) is 0 Å². The number of guanidine groups is 1. The van der Waals surface area contributed by atoms with Crippen molar-refractivity contribution in [3.8, 4) is 0 Å². The fourth-order valence-corrected chi connectivity index (χ4v) is 2.55. The van der Waals surface area contributed by atoms with Gasteiger partial charge in [0.1, 0.15) is 5.82 Å². The molecule has 1 amide bonds. The fourth-order valence-electron chi connectivity index (χ4n) is 2.55. The van der Waals surface area contributed by atoms with E-state index in [1.807, 2.05) is 31.2 Å². The van der Waals surface area contributed by atoms with Gasteiger partial charge in [-0.05, 0) is 49.6 Å². The fraction of sp³-hybridized carbons (Fsp3) is 0.333. The van der Waals surface area contributed by atoms with Gasteiger partial charge in [-0.15, -0.1) is 24.0 Å². The van der Waals surface area contributed by atoms with Gasteiger partial charge < -0.3 is 16.0 Å². The van der Waals surface area contributed by atoms with Crippen molar-refractivity contribution in [1.82, 2.24) is 16.0 Å². The number of carbonyl (C=O) groups excluding carboxylic acids is 1. The monoisotopic (exact) mass is 498 g/mol. The molecular formula is C21H28FIN4O. The van der Waals surface area contributed by atoms with Crippen LogP contribution < -0.4 is 16.0 Å². The van der Waals surface area contributed by atoms with E-state index in [-0.39, 0.29) is 41.7 Å². The second-order valence-electron chi connectivity index (χ2n) is 6.35. The Bertz CT molecular complexity index is 783. The van der Waals surface area contributed by atoms with Crippen LogP contribution in [0.25, 0.3) is 0 Å². The maximum absolute atomic E-state index is 13.7. The van der Waals surface area contributed by atoms with Gasteiger partial charge in [0.15, 0.2) is 5.96 Å². The molecule has 0 aliphatic heterocycles. The molecule has 1 unspecified atom stereocenters. The first-order valence-electron chi connectivity index (χ1n) is 9.07. The summed E-state index contributed by atoms with van der Waals surface area (Å²) in [6.07, 6.45) is 0.757. The Hall–Kier alpha value is -2.16. The SMILES string of the molecule is CN=C(NCCCNC(=O)c1ccccc1)NC(C)c1ccc(C)c(F)c1.I. The van der Waals surface area contributed by atoms with E-state index in [0.717, 1.165) is 12.0 Å². The summed E-state index contributed by atoms with van der Waals surface area (Å²) in [7, 11) is 1.69. The molecule has 0 saturated heterocycles. The van der Waals surface area contributed by atoms with Gasteiger partial charge in [0, 0.05) is 25.7 Å². The van der Waals surface area contributed by atoms with Crippen LogP contribution in [0, 0.1) is 12.7 Å². The molecule has 0 bridgehead atoms. The van der Waals surface area contributed by atoms with Gasteiger partial charge in [0.2, 0.25) is 0 Å². The molecular weight excluding hydrogens is 470 g/mol. The molecule has 3 N–H and O–H groups in total. The third-order valence-corrected chi connectivity index (χ3v) is 4.24. The summed E-state index contributed by atoms with van der Waals surface area (Å²) in [6, 6.07) is 14.3. The van der Waals surface area contributed by atoms with E-state index >= 15 is 0 Å². The van der Waals surface area contributed by atoms with Crippen LogP contribution in [0.15, 0.2) is 53.5 Å². The van der Waals surface area contributed by atoms with E-state index in [0.29, 0.717) is 30.2 Å². The third-order valence-electron chi connectivity index (χ3n) is 4.24. The predicted octanol–water partition coefficient (Wildman–Crippen LogP) is 3.80. The second-order valence-corrected chi connectivity index (χ2v) is 6.35. The van der Waals surface area contributed by atoms with Gasteiger partial charge in [0.25, 0.3) is 5.91 Å². The van der Waals surface area contributed by atoms with Crippen molar-refractivity contribution < 1.29 is 9.18 Å². The number of aryl methyl sites for hydroxylation is 1. The summed E-state index contributed by atoms with van der Waals surface area (Å²) >= 11 is 0. The predicted molar refractivity (Wildman–Crippen MR) is 123 cm³/mol. The van der Waals surface area contributed by atoms with Crippen molar-refractivity contribution in [2.45, 2.75) is 26.3 Å². The van der Waals surface area contributed by atoms with Crippen molar-refractivity contribution in [2.24, 2.45) is 4.99 Å². The Morgan fingerprint density at radius 1 is 1.11 bits per heavy atom. The van der Waals surface area contributed by atoms with Crippen molar-refractivity contribution in [3.63, 3.8) is 0 Å². The summed E-state index contributed by atoms with van der Waals surface area (Å²) in [5.41, 5.74) is 2.14. The Morgan fingerprint density at radius 3 is 2.43 bits per heavy atom. The molecule has 0 spiro atoms. The van der Waals surface area contributed by atoms with Crippen LogP contribution in [0.1, 0.15) is 40.9 Å². The zero-order valence-electron chi connectivity index (χ0n) is 16.5. The maximum atomic E-state index is 13.7. The highest BCUT2D eigenvalue weighted by Crippen LogP contribution is 2.16. The lowest BCUT2D eigenvalue weighted by atomic mass is 10.1. The first-order chi connectivity index (χ1) is 13.0. The number of hydrogen-bond donors (Lipinski definition) is 3. The van der Waals surface area contributed by atoms with E-state index in [2.05, 4.69) is 20.9 Å². The summed E-state index contributed by atoms with van der Waals surface area (Å²) in [5, 5.41) is 9.33. The smallest absolute Gasteiger partial charge is 0.251 e. The minimum absolute atomic E-state index is 0. The summed E-state index contributed by atoms with van der Waals surface area (Å²) in [4.78, 5) is 16.1. The van der Waals surface area contributed by atoms with Crippen LogP contribution in [-0.2, 0) is 0 Å². The molecule has 28 heavy (non-hydrogen) atoms. The molecule has 5 nitrogen and oxygen atoms in total. The average molecular weight is 498 g/mol. The Morgan fingerprint density at radius 2 is 1.79 bits per heavy atom. The topological polar surface area (TPSA) is 65.5 Å². The van der Waals surface area contributed by atoms with Crippen LogP contribution >= 0.6 is 24.0 Å². The molecule has 0 aliphatic rings. The zero-order valence-corrected chi connectivity index (χ0v) is 18.8. The summed E-state index contributed by atoms with van der Waals surface area (Å²) < 4.78 is 13.7. The molecule has 0 heterocycles. The highest BCUT2D eigenvalue weighted by Gasteiger charge is 2.09. The molecule has 2 aromatic rings. The van der Waals surface area contributed by atoms with Crippen molar-refractivity contribution >= 4 is 35.8 Å². The van der Waals surface area contributed by atoms with Gasteiger partial charge in [-0.2, -0.15) is 0 Å². The van der Waals surface area contributed by atoms with Gasteiger partial charge >= 0.3 is 0 Å². The second kappa shape index (κ2) is 12.3. The molecule has 7 heteroatoms. The lowest BCUT2D eigenvalue weighted by molar-refractivity contribution is 0.0953. The number of nitrogens with zero attached hydrogens (tertiary/aromatic N) is 1. The lowest BCUT2D eigenvalue weighted by Crippen LogP contribution is -2.40. The van der Waals surface area contributed by atoms with E-state index in [9.17, 15) is 9.18 Å². The number of nitrogens with one attached hydrogen (secondary N) is 3. The molecule has 0 radical (unpaired) electrons. The van der Waals surface area contributed by atoms with Gasteiger partial charge in [0.05, 0.1) is 6.04 Å². The molecule has 152 valence electrons. The Balaban J connectivity index is 0.00000392. The van der Waals surface area contributed by atoms with Gasteiger partial charge in [-0.1, -0.05) is 30.3 Å². The quantitative estimate of drug-likeness (QED) is 0.236. The zero-order chi connectivity index (χ0) is 19.6. The number of aliphatic imine (C=N–C) groups is 1. The third kappa shape index (κ3) is 7.46. The largest absolute Gasteiger partial charge is 0.356 e. The van der Waals surface area contributed by atoms with Gasteiger partial charge in [-0.3, -0.25) is 9.79 Å². The Labute approximate surface area is 183 Å². The minimum atomic E-state index is -0.210. The number of hydrogen-bond acceptors (Lipinski definition) is 2. The van der Waals surface area contributed by atoms with Crippen LogP contribution in [-0.4, -0.2) is 32.0 Å². The van der Waals surface area contributed by atoms with E-state index in [4.69, 9.17) is 0 Å². The molecule has 2 aromatic carbocycles. The molecule has 0 saturated carbocycles. The molecule has 1 atom stereocenters. The standard InChI is InChI=1S/C21H27FN4O.HI/c1-15-10-11-18(14-19(15)22)16(2)26-21(23-3)25-13-7-12-24-20(27)17-8-5-4-6-9-17;/h4-6,8-11,14,16H,7,12-13H2,1-3H3,(H,24,27)(H2,23,25,26);1H. The molecule has 0 aromatic heterocycles. The lowest BCUT2D eigenvalue weighted by Gasteiger charge is -2.18. The van der Waals surface area contributed by atoms with Crippen LogP contribution in [0.3, 0.4) is 0 Å². The average Bonchev–Trinajstić information content (AvgIpc) is 2.69. The van der Waals surface area contributed by atoms with Crippen LogP contribution in [0.4, 0.5) is 4.39 Å². The number of amides is 1. The summed E-state index contributed by atoms with van der Waals surface area (Å²) in [5.74, 6) is 0.351. The number of halogens is 2. The highest BCUT2D eigenvalue weighted by molar-refractivity contribution is 14.0. The first-order valence-corrected chi connectivity index (χ1v) is 9.07. The van der Waals surface area contributed by atoms with Crippen molar-refractivity contribution in [3.05, 3.63) is 71.0 Å². The Kier molecular flexibility index (Phi) is 10.5. The van der Waals surface area contributed by atoms with E-state index < -0.39 is 0 Å². The molecule has 2 rings (SSSR count).